The summed E-state index contributed by atoms with van der Waals surface area (Å²) in [5.74, 6) is 0.501. The van der Waals surface area contributed by atoms with Crippen molar-refractivity contribution in [1.82, 2.24) is 4.90 Å². The van der Waals surface area contributed by atoms with Crippen LogP contribution in [0.3, 0.4) is 0 Å². The summed E-state index contributed by atoms with van der Waals surface area (Å²) in [6, 6.07) is 14.2. The summed E-state index contributed by atoms with van der Waals surface area (Å²) in [6.45, 7) is 0.0566. The predicted molar refractivity (Wildman–Crippen MR) is 105 cm³/mol. The Morgan fingerprint density at radius 3 is 2.52 bits per heavy atom. The van der Waals surface area contributed by atoms with Crippen LogP contribution in [0.25, 0.3) is 6.08 Å². The first-order valence-corrected chi connectivity index (χ1v) is 8.98. The van der Waals surface area contributed by atoms with Gasteiger partial charge in [0.25, 0.3) is 0 Å². The fraction of sp³-hybridized carbons (Fsp3) is 0.100. The highest BCUT2D eigenvalue weighted by Crippen LogP contribution is 2.21. The van der Waals surface area contributed by atoms with Gasteiger partial charge in [0.1, 0.15) is 18.1 Å². The average molecular weight is 429 g/mol. The first-order chi connectivity index (χ1) is 13.1. The maximum Gasteiger partial charge on any atom is 0.247 e. The maximum atomic E-state index is 12.6. The lowest BCUT2D eigenvalue weighted by molar-refractivity contribution is -0.131. The number of nitrogens with one attached hydrogen (secondary N) is 1. The van der Waals surface area contributed by atoms with E-state index in [1.807, 2.05) is 18.2 Å². The normalized spacial score (nSPS) is 10.9. The van der Waals surface area contributed by atoms with E-state index in [-0.39, 0.29) is 24.9 Å². The molecule has 0 radical (unpaired) electrons. The van der Waals surface area contributed by atoms with E-state index in [0.29, 0.717) is 17.2 Å². The molecular weight excluding hydrogens is 412 g/mol. The highest BCUT2D eigenvalue weighted by Gasteiger charge is 2.17. The summed E-state index contributed by atoms with van der Waals surface area (Å²) in [5.41, 5.74) is 0.638. The van der Waals surface area contributed by atoms with Crippen molar-refractivity contribution in [3.8, 4) is 0 Å². The number of furan rings is 2. The van der Waals surface area contributed by atoms with Crippen LogP contribution >= 0.6 is 15.9 Å². The third-order valence-electron chi connectivity index (χ3n) is 3.65. The summed E-state index contributed by atoms with van der Waals surface area (Å²) in [5, 5.41) is 2.79. The lowest BCUT2D eigenvalue weighted by Gasteiger charge is -2.20. The molecule has 0 saturated carbocycles. The van der Waals surface area contributed by atoms with Crippen LogP contribution in [-0.4, -0.2) is 23.3 Å². The molecule has 138 valence electrons. The van der Waals surface area contributed by atoms with Gasteiger partial charge < -0.3 is 19.1 Å². The second kappa shape index (κ2) is 9.05. The molecule has 0 aliphatic heterocycles. The second-order valence-electron chi connectivity index (χ2n) is 5.65. The predicted octanol–water partition coefficient (Wildman–Crippen LogP) is 4.32. The highest BCUT2D eigenvalue weighted by molar-refractivity contribution is 9.10. The maximum absolute atomic E-state index is 12.6. The summed E-state index contributed by atoms with van der Waals surface area (Å²) in [7, 11) is 0. The summed E-state index contributed by atoms with van der Waals surface area (Å²) >= 11 is 3.38. The molecule has 0 fully saturated rings. The number of carbonyl (C=O) groups excluding carboxylic acids is 2. The molecule has 1 N–H and O–H groups in total. The zero-order chi connectivity index (χ0) is 19.1. The van der Waals surface area contributed by atoms with Gasteiger partial charge in [0, 0.05) is 10.5 Å². The molecule has 0 bridgehead atoms. The minimum Gasteiger partial charge on any atom is -0.467 e. The molecule has 27 heavy (non-hydrogen) atoms. The molecule has 2 amide bonds. The van der Waals surface area contributed by atoms with Crippen molar-refractivity contribution < 1.29 is 18.4 Å². The van der Waals surface area contributed by atoms with E-state index in [9.17, 15) is 9.59 Å². The molecule has 0 saturated heterocycles. The standard InChI is InChI=1S/C20H17BrN2O4/c21-17-7-1-2-8-18(17)22-19(24)14-23(13-16-6-4-12-27-16)20(25)10-9-15-5-3-11-26-15/h1-12H,13-14H2,(H,22,24). The van der Waals surface area contributed by atoms with E-state index in [0.717, 1.165) is 4.47 Å². The largest absolute Gasteiger partial charge is 0.467 e. The molecule has 0 aliphatic carbocycles. The number of para-hydroxylation sites is 1. The van der Waals surface area contributed by atoms with Crippen molar-refractivity contribution in [1.29, 1.82) is 0 Å². The molecule has 0 atom stereocenters. The molecule has 7 heteroatoms. The van der Waals surface area contributed by atoms with Crippen molar-refractivity contribution >= 4 is 39.5 Å². The fourth-order valence-electron chi connectivity index (χ4n) is 2.37. The van der Waals surface area contributed by atoms with Crippen LogP contribution < -0.4 is 5.32 Å². The van der Waals surface area contributed by atoms with E-state index in [1.54, 1.807) is 36.4 Å². The number of nitrogens with zero attached hydrogens (tertiary/aromatic N) is 1. The van der Waals surface area contributed by atoms with E-state index < -0.39 is 0 Å². The van der Waals surface area contributed by atoms with E-state index in [2.05, 4.69) is 21.2 Å². The van der Waals surface area contributed by atoms with Crippen LogP contribution in [-0.2, 0) is 16.1 Å². The van der Waals surface area contributed by atoms with Gasteiger partial charge in [-0.25, -0.2) is 0 Å². The van der Waals surface area contributed by atoms with Crippen LogP contribution in [0.15, 0.2) is 80.4 Å². The lowest BCUT2D eigenvalue weighted by Crippen LogP contribution is -2.36. The molecule has 0 unspecified atom stereocenters. The van der Waals surface area contributed by atoms with Crippen LogP contribution in [0.5, 0.6) is 0 Å². The smallest absolute Gasteiger partial charge is 0.247 e. The van der Waals surface area contributed by atoms with Gasteiger partial charge in [0.05, 0.1) is 24.8 Å². The van der Waals surface area contributed by atoms with Crippen molar-refractivity contribution in [3.05, 3.63) is 83.1 Å². The van der Waals surface area contributed by atoms with Gasteiger partial charge in [-0.2, -0.15) is 0 Å². The van der Waals surface area contributed by atoms with Crippen molar-refractivity contribution in [3.63, 3.8) is 0 Å². The molecule has 6 nitrogen and oxygen atoms in total. The Morgan fingerprint density at radius 2 is 1.81 bits per heavy atom. The topological polar surface area (TPSA) is 75.7 Å². The first-order valence-electron chi connectivity index (χ1n) is 8.19. The van der Waals surface area contributed by atoms with Crippen molar-refractivity contribution in [2.24, 2.45) is 0 Å². The number of carbonyl (C=O) groups is 2. The summed E-state index contributed by atoms with van der Waals surface area (Å²) in [6.07, 6.45) is 5.98. The molecule has 3 rings (SSSR count). The zero-order valence-corrected chi connectivity index (χ0v) is 15.9. The molecule has 3 aromatic rings. The van der Waals surface area contributed by atoms with E-state index in [4.69, 9.17) is 8.83 Å². The van der Waals surface area contributed by atoms with Crippen LogP contribution in [0, 0.1) is 0 Å². The number of benzene rings is 1. The minimum absolute atomic E-state index is 0.122. The van der Waals surface area contributed by atoms with Gasteiger partial charge in [-0.05, 0) is 58.4 Å². The summed E-state index contributed by atoms with van der Waals surface area (Å²) in [4.78, 5) is 26.4. The van der Waals surface area contributed by atoms with Gasteiger partial charge >= 0.3 is 0 Å². The highest BCUT2D eigenvalue weighted by atomic mass is 79.9. The van der Waals surface area contributed by atoms with Crippen LogP contribution in [0.2, 0.25) is 0 Å². The Bertz CT molecular complexity index is 917. The first kappa shape index (κ1) is 18.7. The second-order valence-corrected chi connectivity index (χ2v) is 6.50. The average Bonchev–Trinajstić information content (AvgIpc) is 3.35. The molecule has 0 aliphatic rings. The molecule has 2 aromatic heterocycles. The zero-order valence-electron chi connectivity index (χ0n) is 14.3. The van der Waals surface area contributed by atoms with Gasteiger partial charge in [0.2, 0.25) is 11.8 Å². The van der Waals surface area contributed by atoms with Gasteiger partial charge in [0.15, 0.2) is 0 Å². The third-order valence-corrected chi connectivity index (χ3v) is 4.35. The van der Waals surface area contributed by atoms with Gasteiger partial charge in [-0.1, -0.05) is 12.1 Å². The monoisotopic (exact) mass is 428 g/mol. The molecule has 1 aromatic carbocycles. The lowest BCUT2D eigenvalue weighted by atomic mass is 10.3. The Balaban J connectivity index is 1.70. The number of hydrogen-bond acceptors (Lipinski definition) is 4. The Morgan fingerprint density at radius 1 is 1.04 bits per heavy atom. The molecule has 0 spiro atoms. The third kappa shape index (κ3) is 5.46. The molecular formula is C20H17BrN2O4. The van der Waals surface area contributed by atoms with Gasteiger partial charge in [-0.15, -0.1) is 0 Å². The summed E-state index contributed by atoms with van der Waals surface area (Å²) < 4.78 is 11.3. The number of rotatable bonds is 7. The van der Waals surface area contributed by atoms with Crippen molar-refractivity contribution in [2.75, 3.05) is 11.9 Å². The van der Waals surface area contributed by atoms with E-state index >= 15 is 0 Å². The van der Waals surface area contributed by atoms with Crippen LogP contribution in [0.4, 0.5) is 5.69 Å². The van der Waals surface area contributed by atoms with E-state index in [1.165, 1.54) is 23.5 Å². The SMILES string of the molecule is O=C(CN(Cc1ccco1)C(=O)C=Cc1ccco1)Nc1ccccc1Br. The Labute approximate surface area is 164 Å². The number of anilines is 1. The molecule has 2 heterocycles. The Hall–Kier alpha value is -3.06. The number of hydrogen-bond donors (Lipinski definition) is 1. The Kier molecular flexibility index (Phi) is 6.27. The quantitative estimate of drug-likeness (QED) is 0.568. The van der Waals surface area contributed by atoms with Crippen molar-refractivity contribution in [2.45, 2.75) is 6.54 Å². The minimum atomic E-state index is -0.329. The number of amides is 2. The van der Waals surface area contributed by atoms with Gasteiger partial charge in [-0.3, -0.25) is 9.59 Å². The van der Waals surface area contributed by atoms with Crippen LogP contribution in [0.1, 0.15) is 11.5 Å². The number of halogens is 1. The fourth-order valence-corrected chi connectivity index (χ4v) is 2.76.